The third-order valence-electron chi connectivity index (χ3n) is 2.86. The molecule has 3 N–H and O–H groups in total. The van der Waals surface area contributed by atoms with Gasteiger partial charge in [-0.25, -0.2) is 0 Å². The van der Waals surface area contributed by atoms with E-state index >= 15 is 0 Å². The predicted octanol–water partition coefficient (Wildman–Crippen LogP) is 0.317. The SMILES string of the molecule is CCN(CC(O)COCCOC)CC(C)(C)CN. The van der Waals surface area contributed by atoms with Crippen LogP contribution >= 0.6 is 0 Å². The highest BCUT2D eigenvalue weighted by atomic mass is 16.5. The third-order valence-corrected chi connectivity index (χ3v) is 2.86. The fourth-order valence-corrected chi connectivity index (χ4v) is 1.69. The first-order valence-corrected chi connectivity index (χ1v) is 6.62. The second kappa shape index (κ2) is 9.69. The zero-order chi connectivity index (χ0) is 14.0. The van der Waals surface area contributed by atoms with Crippen molar-refractivity contribution in [2.75, 3.05) is 53.1 Å². The molecule has 0 heterocycles. The maximum Gasteiger partial charge on any atom is 0.0900 e. The van der Waals surface area contributed by atoms with E-state index < -0.39 is 6.10 Å². The summed E-state index contributed by atoms with van der Waals surface area (Å²) in [6.45, 7) is 10.8. The van der Waals surface area contributed by atoms with Crippen LogP contribution < -0.4 is 5.73 Å². The van der Waals surface area contributed by atoms with E-state index in [-0.39, 0.29) is 5.41 Å². The molecule has 0 amide bonds. The fourth-order valence-electron chi connectivity index (χ4n) is 1.69. The van der Waals surface area contributed by atoms with Crippen LogP contribution in [0, 0.1) is 5.41 Å². The molecule has 0 radical (unpaired) electrons. The van der Waals surface area contributed by atoms with Gasteiger partial charge in [-0.2, -0.15) is 0 Å². The zero-order valence-corrected chi connectivity index (χ0v) is 12.3. The molecule has 5 heteroatoms. The highest BCUT2D eigenvalue weighted by molar-refractivity contribution is 4.75. The topological polar surface area (TPSA) is 68.0 Å². The molecular formula is C13H30N2O3. The summed E-state index contributed by atoms with van der Waals surface area (Å²) in [6.07, 6.45) is -0.463. The molecule has 18 heavy (non-hydrogen) atoms. The Hall–Kier alpha value is -0.200. The molecule has 0 bridgehead atoms. The van der Waals surface area contributed by atoms with E-state index in [2.05, 4.69) is 25.7 Å². The molecule has 0 aromatic carbocycles. The molecule has 0 aliphatic rings. The van der Waals surface area contributed by atoms with Gasteiger partial charge in [-0.05, 0) is 18.5 Å². The van der Waals surface area contributed by atoms with Gasteiger partial charge in [0.05, 0.1) is 25.9 Å². The van der Waals surface area contributed by atoms with Crippen LogP contribution in [0.3, 0.4) is 0 Å². The average molecular weight is 262 g/mol. The lowest BCUT2D eigenvalue weighted by atomic mass is 9.93. The Kier molecular flexibility index (Phi) is 9.59. The number of hydrogen-bond acceptors (Lipinski definition) is 5. The van der Waals surface area contributed by atoms with E-state index in [1.54, 1.807) is 7.11 Å². The van der Waals surface area contributed by atoms with Crippen molar-refractivity contribution in [3.8, 4) is 0 Å². The Balaban J connectivity index is 3.89. The monoisotopic (exact) mass is 262 g/mol. The molecule has 0 aliphatic carbocycles. The Morgan fingerprint density at radius 1 is 1.33 bits per heavy atom. The minimum Gasteiger partial charge on any atom is -0.389 e. The van der Waals surface area contributed by atoms with Gasteiger partial charge in [0.25, 0.3) is 0 Å². The number of ether oxygens (including phenoxy) is 2. The van der Waals surface area contributed by atoms with Crippen molar-refractivity contribution in [1.82, 2.24) is 4.90 Å². The molecule has 5 nitrogen and oxygen atoms in total. The first kappa shape index (κ1) is 17.8. The molecule has 0 aromatic heterocycles. The lowest BCUT2D eigenvalue weighted by Crippen LogP contribution is -2.43. The van der Waals surface area contributed by atoms with Crippen molar-refractivity contribution >= 4 is 0 Å². The number of rotatable bonds is 11. The summed E-state index contributed by atoms with van der Waals surface area (Å²) in [4.78, 5) is 2.21. The van der Waals surface area contributed by atoms with E-state index in [1.165, 1.54) is 0 Å². The van der Waals surface area contributed by atoms with E-state index in [0.29, 0.717) is 32.9 Å². The summed E-state index contributed by atoms with van der Waals surface area (Å²) in [6, 6.07) is 0. The summed E-state index contributed by atoms with van der Waals surface area (Å²) < 4.78 is 10.2. The van der Waals surface area contributed by atoms with Gasteiger partial charge in [0.2, 0.25) is 0 Å². The largest absolute Gasteiger partial charge is 0.389 e. The lowest BCUT2D eigenvalue weighted by molar-refractivity contribution is -0.00372. The van der Waals surface area contributed by atoms with Gasteiger partial charge < -0.3 is 25.2 Å². The average Bonchev–Trinajstić information content (AvgIpc) is 2.33. The van der Waals surface area contributed by atoms with E-state index in [9.17, 15) is 5.11 Å². The molecule has 1 unspecified atom stereocenters. The van der Waals surface area contributed by atoms with Crippen molar-refractivity contribution < 1.29 is 14.6 Å². The third kappa shape index (κ3) is 8.83. The molecule has 0 rings (SSSR count). The minimum absolute atomic E-state index is 0.0760. The van der Waals surface area contributed by atoms with Crippen LogP contribution in [0.4, 0.5) is 0 Å². The Bertz CT molecular complexity index is 201. The van der Waals surface area contributed by atoms with Gasteiger partial charge in [0, 0.05) is 20.2 Å². The zero-order valence-electron chi connectivity index (χ0n) is 12.3. The van der Waals surface area contributed by atoms with E-state index in [1.807, 2.05) is 0 Å². The summed E-state index contributed by atoms with van der Waals surface area (Å²) in [5.41, 5.74) is 5.80. The molecular weight excluding hydrogens is 232 g/mol. The predicted molar refractivity (Wildman–Crippen MR) is 73.7 cm³/mol. The van der Waals surface area contributed by atoms with Gasteiger partial charge >= 0.3 is 0 Å². The molecule has 0 saturated heterocycles. The van der Waals surface area contributed by atoms with Crippen molar-refractivity contribution in [1.29, 1.82) is 0 Å². The van der Waals surface area contributed by atoms with Gasteiger partial charge in [-0.3, -0.25) is 0 Å². The van der Waals surface area contributed by atoms with Crippen molar-refractivity contribution in [2.45, 2.75) is 26.9 Å². The van der Waals surface area contributed by atoms with Crippen LogP contribution in [0.25, 0.3) is 0 Å². The molecule has 110 valence electrons. The molecule has 0 spiro atoms. The van der Waals surface area contributed by atoms with Crippen molar-refractivity contribution in [2.24, 2.45) is 11.1 Å². The van der Waals surface area contributed by atoms with E-state index in [0.717, 1.165) is 13.1 Å². The maximum atomic E-state index is 9.88. The summed E-state index contributed by atoms with van der Waals surface area (Å²) in [5.74, 6) is 0. The fraction of sp³-hybridized carbons (Fsp3) is 1.00. The van der Waals surface area contributed by atoms with Gasteiger partial charge in [-0.15, -0.1) is 0 Å². The molecule has 0 saturated carbocycles. The minimum atomic E-state index is -0.463. The first-order valence-electron chi connectivity index (χ1n) is 6.62. The van der Waals surface area contributed by atoms with Crippen LogP contribution in [0.2, 0.25) is 0 Å². The standard InChI is InChI=1S/C13H30N2O3/c1-5-15(11-13(2,3)10-14)8-12(16)9-18-7-6-17-4/h12,16H,5-11,14H2,1-4H3. The van der Waals surface area contributed by atoms with Gasteiger partial charge in [-0.1, -0.05) is 20.8 Å². The highest BCUT2D eigenvalue weighted by Crippen LogP contribution is 2.14. The van der Waals surface area contributed by atoms with Crippen molar-refractivity contribution in [3.05, 3.63) is 0 Å². The number of methoxy groups -OCH3 is 1. The van der Waals surface area contributed by atoms with Crippen LogP contribution in [-0.2, 0) is 9.47 Å². The number of likely N-dealkylation sites (N-methyl/N-ethyl adjacent to an activating group) is 1. The molecule has 1 atom stereocenters. The Morgan fingerprint density at radius 3 is 2.50 bits per heavy atom. The number of hydrogen-bond donors (Lipinski definition) is 2. The Labute approximate surface area is 111 Å². The quantitative estimate of drug-likeness (QED) is 0.525. The van der Waals surface area contributed by atoms with Crippen molar-refractivity contribution in [3.63, 3.8) is 0 Å². The number of aliphatic hydroxyl groups is 1. The summed E-state index contributed by atoms with van der Waals surface area (Å²) in [7, 11) is 1.63. The normalized spacial score (nSPS) is 14.2. The van der Waals surface area contributed by atoms with Crippen LogP contribution in [0.15, 0.2) is 0 Å². The molecule has 0 fully saturated rings. The lowest BCUT2D eigenvalue weighted by Gasteiger charge is -2.32. The highest BCUT2D eigenvalue weighted by Gasteiger charge is 2.21. The Morgan fingerprint density at radius 2 is 2.00 bits per heavy atom. The maximum absolute atomic E-state index is 9.88. The number of nitrogens with zero attached hydrogens (tertiary/aromatic N) is 1. The molecule has 0 aliphatic heterocycles. The van der Waals surface area contributed by atoms with Gasteiger partial charge in [0.15, 0.2) is 0 Å². The van der Waals surface area contributed by atoms with Crippen LogP contribution in [0.5, 0.6) is 0 Å². The van der Waals surface area contributed by atoms with Crippen LogP contribution in [-0.4, -0.2) is 69.2 Å². The van der Waals surface area contributed by atoms with Crippen LogP contribution in [0.1, 0.15) is 20.8 Å². The second-order valence-electron chi connectivity index (χ2n) is 5.42. The second-order valence-corrected chi connectivity index (χ2v) is 5.42. The number of nitrogens with two attached hydrogens (primary N) is 1. The van der Waals surface area contributed by atoms with Gasteiger partial charge in [0.1, 0.15) is 0 Å². The number of aliphatic hydroxyl groups excluding tert-OH is 1. The smallest absolute Gasteiger partial charge is 0.0900 e. The van der Waals surface area contributed by atoms with E-state index in [4.69, 9.17) is 15.2 Å². The first-order chi connectivity index (χ1) is 8.45. The summed E-state index contributed by atoms with van der Waals surface area (Å²) in [5, 5.41) is 9.88. The molecule has 0 aromatic rings. The summed E-state index contributed by atoms with van der Waals surface area (Å²) >= 11 is 0.